The van der Waals surface area contributed by atoms with E-state index in [9.17, 15) is 24.0 Å². The van der Waals surface area contributed by atoms with E-state index in [0.717, 1.165) is 17.7 Å². The van der Waals surface area contributed by atoms with Gasteiger partial charge in [0.15, 0.2) is 0 Å². The zero-order chi connectivity index (χ0) is 24.0. The first-order chi connectivity index (χ1) is 15.7. The van der Waals surface area contributed by atoms with Crippen molar-refractivity contribution in [2.75, 3.05) is 13.1 Å². The second-order valence-electron chi connectivity index (χ2n) is 7.24. The summed E-state index contributed by atoms with van der Waals surface area (Å²) in [5.74, 6) is -1.17. The summed E-state index contributed by atoms with van der Waals surface area (Å²) in [4.78, 5) is 15.9. The molecule has 0 fully saturated rings. The van der Waals surface area contributed by atoms with Crippen molar-refractivity contribution in [3.8, 4) is 0 Å². The largest absolute Gasteiger partial charge is 0.381 e. The van der Waals surface area contributed by atoms with Crippen LogP contribution in [0.4, 0.5) is 14.5 Å². The number of aromatic nitrogens is 3. The SMILES string of the molecule is CCN(CC(O)(Cn1cncn1)c1ccc(F)cc1F)C(=S)SCc1ccc([N+](=O)[O-])cc1. The van der Waals surface area contributed by atoms with Gasteiger partial charge in [-0.05, 0) is 18.6 Å². The van der Waals surface area contributed by atoms with Crippen LogP contribution in [0.2, 0.25) is 0 Å². The van der Waals surface area contributed by atoms with Crippen molar-refractivity contribution in [1.82, 2.24) is 19.7 Å². The first-order valence-electron chi connectivity index (χ1n) is 9.87. The Hall–Kier alpha value is -2.96. The summed E-state index contributed by atoms with van der Waals surface area (Å²) < 4.78 is 29.9. The monoisotopic (exact) mass is 493 g/mol. The zero-order valence-electron chi connectivity index (χ0n) is 17.6. The van der Waals surface area contributed by atoms with E-state index in [1.807, 2.05) is 6.92 Å². The molecule has 12 heteroatoms. The van der Waals surface area contributed by atoms with Crippen LogP contribution in [0.5, 0.6) is 0 Å². The molecule has 174 valence electrons. The Bertz CT molecular complexity index is 1120. The summed E-state index contributed by atoms with van der Waals surface area (Å²) in [5.41, 5.74) is -1.02. The lowest BCUT2D eigenvalue weighted by atomic mass is 9.92. The van der Waals surface area contributed by atoms with Crippen molar-refractivity contribution in [1.29, 1.82) is 0 Å². The second kappa shape index (κ2) is 10.8. The summed E-state index contributed by atoms with van der Waals surface area (Å²) in [6, 6.07) is 9.16. The zero-order valence-corrected chi connectivity index (χ0v) is 19.2. The van der Waals surface area contributed by atoms with Crippen molar-refractivity contribution < 1.29 is 18.8 Å². The van der Waals surface area contributed by atoms with E-state index in [-0.39, 0.29) is 24.3 Å². The van der Waals surface area contributed by atoms with E-state index in [4.69, 9.17) is 12.2 Å². The van der Waals surface area contributed by atoms with Crippen LogP contribution in [0.25, 0.3) is 0 Å². The Labute approximate surface area is 198 Å². The van der Waals surface area contributed by atoms with Crippen LogP contribution in [0.3, 0.4) is 0 Å². The topological polar surface area (TPSA) is 97.3 Å². The maximum absolute atomic E-state index is 14.6. The number of halogens is 2. The molecule has 1 unspecified atom stereocenters. The highest BCUT2D eigenvalue weighted by Gasteiger charge is 2.36. The highest BCUT2D eigenvalue weighted by molar-refractivity contribution is 8.22. The molecule has 33 heavy (non-hydrogen) atoms. The molecule has 0 aliphatic heterocycles. The summed E-state index contributed by atoms with van der Waals surface area (Å²) in [5, 5.41) is 26.3. The maximum atomic E-state index is 14.6. The van der Waals surface area contributed by atoms with Crippen molar-refractivity contribution in [2.45, 2.75) is 24.8 Å². The molecule has 3 aromatic rings. The number of hydrogen-bond donors (Lipinski definition) is 1. The fourth-order valence-electron chi connectivity index (χ4n) is 3.24. The standard InChI is InChI=1S/C21H21F2N5O3S2/c1-2-26(20(32)33-10-15-3-6-17(7-4-15)28(30)31)11-21(29,12-27-14-24-13-25-27)18-8-5-16(22)9-19(18)23/h3-9,13-14,29H,2,10-12H2,1H3. The summed E-state index contributed by atoms with van der Waals surface area (Å²) >= 11 is 6.86. The second-order valence-corrected chi connectivity index (χ2v) is 8.85. The fourth-order valence-corrected chi connectivity index (χ4v) is 4.47. The molecule has 0 saturated heterocycles. The lowest BCUT2D eigenvalue weighted by Gasteiger charge is -2.35. The minimum absolute atomic E-state index is 0.000936. The Morgan fingerprint density at radius 1 is 1.30 bits per heavy atom. The average molecular weight is 494 g/mol. The number of benzene rings is 2. The molecule has 0 aliphatic carbocycles. The van der Waals surface area contributed by atoms with Crippen molar-refractivity contribution >= 4 is 34.0 Å². The van der Waals surface area contributed by atoms with E-state index in [1.165, 1.54) is 47.3 Å². The van der Waals surface area contributed by atoms with Crippen LogP contribution in [0.1, 0.15) is 18.1 Å². The minimum Gasteiger partial charge on any atom is -0.381 e. The van der Waals surface area contributed by atoms with E-state index in [2.05, 4.69) is 10.1 Å². The molecular weight excluding hydrogens is 472 g/mol. The molecule has 1 atom stereocenters. The van der Waals surface area contributed by atoms with Crippen LogP contribution < -0.4 is 0 Å². The van der Waals surface area contributed by atoms with Gasteiger partial charge in [-0.1, -0.05) is 42.2 Å². The number of nitrogens with zero attached hydrogens (tertiary/aromatic N) is 5. The normalized spacial score (nSPS) is 12.8. The van der Waals surface area contributed by atoms with Gasteiger partial charge in [0.05, 0.1) is 18.0 Å². The van der Waals surface area contributed by atoms with E-state index in [1.54, 1.807) is 17.0 Å². The van der Waals surface area contributed by atoms with E-state index >= 15 is 0 Å². The van der Waals surface area contributed by atoms with Crippen LogP contribution in [0, 0.1) is 21.7 Å². The number of aliphatic hydroxyl groups is 1. The van der Waals surface area contributed by atoms with Crippen molar-refractivity contribution in [3.05, 3.63) is 88.0 Å². The van der Waals surface area contributed by atoms with Crippen LogP contribution in [-0.2, 0) is 17.9 Å². The Morgan fingerprint density at radius 2 is 2.03 bits per heavy atom. The lowest BCUT2D eigenvalue weighted by Crippen LogP contribution is -2.46. The number of rotatable bonds is 9. The van der Waals surface area contributed by atoms with Gasteiger partial charge in [0.2, 0.25) is 0 Å². The first kappa shape index (κ1) is 24.7. The molecule has 8 nitrogen and oxygen atoms in total. The first-order valence-corrected chi connectivity index (χ1v) is 11.3. The number of nitro groups is 1. The average Bonchev–Trinajstić information content (AvgIpc) is 3.28. The molecule has 2 aromatic carbocycles. The third kappa shape index (κ3) is 6.30. The molecule has 1 heterocycles. The predicted molar refractivity (Wildman–Crippen MR) is 125 cm³/mol. The Kier molecular flexibility index (Phi) is 8.06. The smallest absolute Gasteiger partial charge is 0.269 e. The van der Waals surface area contributed by atoms with Gasteiger partial charge in [-0.15, -0.1) is 0 Å². The Morgan fingerprint density at radius 3 is 2.61 bits per heavy atom. The molecule has 0 spiro atoms. The van der Waals surface area contributed by atoms with E-state index < -0.39 is 22.2 Å². The predicted octanol–water partition coefficient (Wildman–Crippen LogP) is 3.89. The van der Waals surface area contributed by atoms with Gasteiger partial charge in [-0.25, -0.2) is 18.4 Å². The minimum atomic E-state index is -1.78. The van der Waals surface area contributed by atoms with Crippen molar-refractivity contribution in [3.63, 3.8) is 0 Å². The highest BCUT2D eigenvalue weighted by Crippen LogP contribution is 2.29. The third-order valence-electron chi connectivity index (χ3n) is 4.92. The van der Waals surface area contributed by atoms with Gasteiger partial charge in [0.25, 0.3) is 5.69 Å². The molecule has 0 aliphatic rings. The summed E-state index contributed by atoms with van der Waals surface area (Å²) in [6.07, 6.45) is 2.69. The maximum Gasteiger partial charge on any atom is 0.269 e. The van der Waals surface area contributed by atoms with Gasteiger partial charge >= 0.3 is 0 Å². The molecule has 1 N–H and O–H groups in total. The molecule has 3 rings (SSSR count). The van der Waals surface area contributed by atoms with E-state index in [0.29, 0.717) is 16.6 Å². The van der Waals surface area contributed by atoms with Gasteiger partial charge in [0.1, 0.15) is 34.2 Å². The number of thioether (sulfide) groups is 1. The molecule has 0 bridgehead atoms. The molecule has 0 saturated carbocycles. The fraction of sp³-hybridized carbons (Fsp3) is 0.286. The van der Waals surface area contributed by atoms with Gasteiger partial charge in [-0.2, -0.15) is 5.10 Å². The van der Waals surface area contributed by atoms with Crippen LogP contribution in [0.15, 0.2) is 55.1 Å². The highest BCUT2D eigenvalue weighted by atomic mass is 32.2. The number of likely N-dealkylation sites (N-methyl/N-ethyl adjacent to an activating group) is 1. The van der Waals surface area contributed by atoms with Gasteiger partial charge in [-0.3, -0.25) is 10.1 Å². The van der Waals surface area contributed by atoms with Crippen LogP contribution in [-0.4, -0.2) is 47.1 Å². The number of nitro benzene ring substituents is 1. The van der Waals surface area contributed by atoms with Gasteiger partial charge < -0.3 is 10.0 Å². The lowest BCUT2D eigenvalue weighted by molar-refractivity contribution is -0.384. The summed E-state index contributed by atoms with van der Waals surface area (Å²) in [7, 11) is 0. The molecular formula is C21H21F2N5O3S2. The number of thiocarbonyl (C=S) groups is 1. The molecule has 1 aromatic heterocycles. The number of hydrogen-bond acceptors (Lipinski definition) is 7. The molecule has 0 amide bonds. The Balaban J connectivity index is 1.77. The summed E-state index contributed by atoms with van der Waals surface area (Å²) in [6.45, 7) is 2.07. The van der Waals surface area contributed by atoms with Crippen LogP contribution >= 0.6 is 24.0 Å². The van der Waals surface area contributed by atoms with Gasteiger partial charge in [0, 0.05) is 36.1 Å². The molecule has 0 radical (unpaired) electrons. The quantitative estimate of drug-likeness (QED) is 0.272. The van der Waals surface area contributed by atoms with Crippen molar-refractivity contribution in [2.24, 2.45) is 0 Å². The number of non-ortho nitro benzene ring substituents is 1. The third-order valence-corrected chi connectivity index (χ3v) is 6.52.